The first-order valence-electron chi connectivity index (χ1n) is 4.81. The molecule has 0 aliphatic carbocycles. The Kier molecular flexibility index (Phi) is 4.60. The van der Waals surface area contributed by atoms with Gasteiger partial charge in [0, 0.05) is 17.1 Å². The Hall–Kier alpha value is -0.890. The Labute approximate surface area is 90.6 Å². The van der Waals surface area contributed by atoms with E-state index in [9.17, 15) is 0 Å². The maximum Gasteiger partial charge on any atom is 0.0480 e. The van der Waals surface area contributed by atoms with Crippen LogP contribution in [0.5, 0.6) is 0 Å². The van der Waals surface area contributed by atoms with Crippen LogP contribution in [0.3, 0.4) is 0 Å². The van der Waals surface area contributed by atoms with E-state index in [0.29, 0.717) is 0 Å². The van der Waals surface area contributed by atoms with Crippen LogP contribution in [-0.4, -0.2) is 12.8 Å². The maximum absolute atomic E-state index is 3.97. The summed E-state index contributed by atoms with van der Waals surface area (Å²) in [5.41, 5.74) is 2.44. The summed E-state index contributed by atoms with van der Waals surface area (Å²) in [6, 6.07) is 8.35. The molecule has 0 bridgehead atoms. The van der Waals surface area contributed by atoms with Crippen LogP contribution in [0.15, 0.2) is 41.3 Å². The van der Waals surface area contributed by atoms with Crippen LogP contribution in [0.25, 0.3) is 0 Å². The zero-order valence-electron chi connectivity index (χ0n) is 8.84. The van der Waals surface area contributed by atoms with Crippen molar-refractivity contribution in [3.8, 4) is 0 Å². The van der Waals surface area contributed by atoms with E-state index in [0.717, 1.165) is 13.0 Å². The average molecular weight is 207 g/mol. The first-order chi connectivity index (χ1) is 6.77. The topological polar surface area (TPSA) is 12.0 Å². The minimum absolute atomic E-state index is 0.869. The number of hydrogen-bond donors (Lipinski definition) is 1. The van der Waals surface area contributed by atoms with Crippen LogP contribution in [0.2, 0.25) is 0 Å². The molecule has 2 heteroatoms. The molecule has 0 unspecified atom stereocenters. The summed E-state index contributed by atoms with van der Waals surface area (Å²) < 4.78 is 0. The lowest BCUT2D eigenvalue weighted by molar-refractivity contribution is 1.05. The van der Waals surface area contributed by atoms with Crippen molar-refractivity contribution in [3.05, 3.63) is 36.4 Å². The zero-order valence-corrected chi connectivity index (χ0v) is 9.66. The second kappa shape index (κ2) is 5.76. The molecule has 0 heterocycles. The normalized spacial score (nSPS) is 9.86. The van der Waals surface area contributed by atoms with Gasteiger partial charge in [-0.1, -0.05) is 31.2 Å². The van der Waals surface area contributed by atoms with Gasteiger partial charge >= 0.3 is 0 Å². The standard InChI is InChI=1S/C12H17NS/c1-4-10(2)9-13-11-7-5-6-8-12(11)14-3/h5-8,13H,2,4,9H2,1,3H3. The quantitative estimate of drug-likeness (QED) is 0.582. The van der Waals surface area contributed by atoms with Gasteiger partial charge in [-0.05, 0) is 24.8 Å². The molecule has 1 rings (SSSR count). The first kappa shape index (κ1) is 11.2. The molecule has 0 aromatic heterocycles. The fraction of sp³-hybridized carbons (Fsp3) is 0.333. The van der Waals surface area contributed by atoms with Gasteiger partial charge in [0.25, 0.3) is 0 Å². The van der Waals surface area contributed by atoms with Crippen molar-refractivity contribution in [1.82, 2.24) is 0 Å². The molecule has 76 valence electrons. The summed E-state index contributed by atoms with van der Waals surface area (Å²) in [5, 5.41) is 3.39. The monoisotopic (exact) mass is 207 g/mol. The van der Waals surface area contributed by atoms with E-state index in [4.69, 9.17) is 0 Å². The largest absolute Gasteiger partial charge is 0.380 e. The number of benzene rings is 1. The van der Waals surface area contributed by atoms with E-state index in [1.807, 2.05) is 0 Å². The Balaban J connectivity index is 2.61. The van der Waals surface area contributed by atoms with Gasteiger partial charge in [0.15, 0.2) is 0 Å². The predicted molar refractivity (Wildman–Crippen MR) is 66.1 cm³/mol. The summed E-state index contributed by atoms with van der Waals surface area (Å²) in [6.45, 7) is 6.97. The first-order valence-corrected chi connectivity index (χ1v) is 6.04. The second-order valence-electron chi connectivity index (χ2n) is 3.16. The second-order valence-corrected chi connectivity index (χ2v) is 4.01. The smallest absolute Gasteiger partial charge is 0.0480 e. The molecule has 1 nitrogen and oxygen atoms in total. The number of nitrogens with one attached hydrogen (secondary N) is 1. The van der Waals surface area contributed by atoms with E-state index in [1.54, 1.807) is 11.8 Å². The minimum atomic E-state index is 0.869. The van der Waals surface area contributed by atoms with Crippen LogP contribution in [0.4, 0.5) is 5.69 Å². The summed E-state index contributed by atoms with van der Waals surface area (Å²) in [5.74, 6) is 0. The van der Waals surface area contributed by atoms with E-state index < -0.39 is 0 Å². The van der Waals surface area contributed by atoms with E-state index in [-0.39, 0.29) is 0 Å². The van der Waals surface area contributed by atoms with Crippen molar-refractivity contribution in [2.24, 2.45) is 0 Å². The molecule has 14 heavy (non-hydrogen) atoms. The third-order valence-corrected chi connectivity index (χ3v) is 2.93. The van der Waals surface area contributed by atoms with Crippen molar-refractivity contribution in [1.29, 1.82) is 0 Å². The van der Waals surface area contributed by atoms with Gasteiger partial charge in [-0.15, -0.1) is 11.8 Å². The van der Waals surface area contributed by atoms with Gasteiger partial charge in [-0.25, -0.2) is 0 Å². The van der Waals surface area contributed by atoms with Crippen molar-refractivity contribution in [2.75, 3.05) is 18.1 Å². The van der Waals surface area contributed by atoms with Crippen molar-refractivity contribution in [3.63, 3.8) is 0 Å². The predicted octanol–water partition coefficient (Wildman–Crippen LogP) is 3.79. The molecule has 0 aliphatic rings. The fourth-order valence-electron chi connectivity index (χ4n) is 1.14. The van der Waals surface area contributed by atoms with Crippen LogP contribution in [-0.2, 0) is 0 Å². The minimum Gasteiger partial charge on any atom is -0.380 e. The summed E-state index contributed by atoms with van der Waals surface area (Å²) in [4.78, 5) is 1.29. The van der Waals surface area contributed by atoms with Crippen LogP contribution in [0.1, 0.15) is 13.3 Å². The zero-order chi connectivity index (χ0) is 10.4. The van der Waals surface area contributed by atoms with Gasteiger partial charge in [0.2, 0.25) is 0 Å². The summed E-state index contributed by atoms with van der Waals surface area (Å²) >= 11 is 1.76. The molecule has 1 aromatic carbocycles. The Morgan fingerprint density at radius 2 is 2.14 bits per heavy atom. The van der Waals surface area contributed by atoms with Gasteiger partial charge in [0.05, 0.1) is 0 Å². The number of anilines is 1. The molecule has 0 amide bonds. The molecular formula is C12H17NS. The van der Waals surface area contributed by atoms with Gasteiger partial charge in [0.1, 0.15) is 0 Å². The highest BCUT2D eigenvalue weighted by Gasteiger charge is 1.98. The van der Waals surface area contributed by atoms with Crippen LogP contribution >= 0.6 is 11.8 Å². The van der Waals surface area contributed by atoms with Crippen LogP contribution < -0.4 is 5.32 Å². The Morgan fingerprint density at radius 3 is 2.79 bits per heavy atom. The summed E-state index contributed by atoms with van der Waals surface area (Å²) in [7, 11) is 0. The van der Waals surface area contributed by atoms with Gasteiger partial charge < -0.3 is 5.32 Å². The molecular weight excluding hydrogens is 190 g/mol. The molecule has 0 fully saturated rings. The molecule has 0 saturated heterocycles. The van der Waals surface area contributed by atoms with E-state index in [1.165, 1.54) is 16.2 Å². The average Bonchev–Trinajstić information content (AvgIpc) is 2.26. The third kappa shape index (κ3) is 3.11. The Morgan fingerprint density at radius 1 is 1.43 bits per heavy atom. The number of thioether (sulfide) groups is 1. The molecule has 0 spiro atoms. The van der Waals surface area contributed by atoms with Crippen molar-refractivity contribution >= 4 is 17.4 Å². The lowest BCUT2D eigenvalue weighted by Gasteiger charge is -2.10. The SMILES string of the molecule is C=C(CC)CNc1ccccc1SC. The lowest BCUT2D eigenvalue weighted by atomic mass is 10.2. The number of rotatable bonds is 5. The third-order valence-electron chi connectivity index (χ3n) is 2.14. The van der Waals surface area contributed by atoms with Gasteiger partial charge in [-0.3, -0.25) is 0 Å². The van der Waals surface area contributed by atoms with Crippen LogP contribution in [0, 0.1) is 0 Å². The highest BCUT2D eigenvalue weighted by Crippen LogP contribution is 2.24. The lowest BCUT2D eigenvalue weighted by Crippen LogP contribution is -2.03. The molecule has 0 saturated carbocycles. The Bertz CT molecular complexity index is 307. The van der Waals surface area contributed by atoms with Gasteiger partial charge in [-0.2, -0.15) is 0 Å². The number of hydrogen-bond acceptors (Lipinski definition) is 2. The molecule has 0 atom stereocenters. The highest BCUT2D eigenvalue weighted by molar-refractivity contribution is 7.98. The molecule has 1 N–H and O–H groups in total. The molecule has 1 aromatic rings. The van der Waals surface area contributed by atoms with E-state index in [2.05, 4.69) is 49.3 Å². The maximum atomic E-state index is 3.97. The summed E-state index contributed by atoms with van der Waals surface area (Å²) in [6.07, 6.45) is 3.13. The highest BCUT2D eigenvalue weighted by atomic mass is 32.2. The van der Waals surface area contributed by atoms with Crippen molar-refractivity contribution in [2.45, 2.75) is 18.2 Å². The molecule has 0 radical (unpaired) electrons. The van der Waals surface area contributed by atoms with E-state index >= 15 is 0 Å². The number of para-hydroxylation sites is 1. The fourth-order valence-corrected chi connectivity index (χ4v) is 1.71. The van der Waals surface area contributed by atoms with Crippen molar-refractivity contribution < 1.29 is 0 Å². The molecule has 0 aliphatic heterocycles.